The SMILES string of the molecule is C[C@H](/C=N\Nc1ccccc1[N+](=O)[O-])c1ccccc1. The second-order valence-corrected chi connectivity index (χ2v) is 4.36. The third kappa shape index (κ3) is 3.41. The molecule has 20 heavy (non-hydrogen) atoms. The van der Waals surface area contributed by atoms with E-state index in [9.17, 15) is 10.1 Å². The fourth-order valence-corrected chi connectivity index (χ4v) is 1.79. The van der Waals surface area contributed by atoms with Crippen LogP contribution in [0, 0.1) is 10.1 Å². The smallest absolute Gasteiger partial charge is 0.272 e. The molecule has 0 aliphatic carbocycles. The van der Waals surface area contributed by atoms with E-state index in [0.29, 0.717) is 5.69 Å². The topological polar surface area (TPSA) is 67.5 Å². The Balaban J connectivity index is 2.05. The normalized spacial score (nSPS) is 12.2. The molecule has 0 unspecified atom stereocenters. The van der Waals surface area contributed by atoms with E-state index < -0.39 is 4.92 Å². The van der Waals surface area contributed by atoms with E-state index in [-0.39, 0.29) is 11.6 Å². The van der Waals surface area contributed by atoms with Crippen molar-refractivity contribution in [1.29, 1.82) is 0 Å². The number of nitrogens with one attached hydrogen (secondary N) is 1. The van der Waals surface area contributed by atoms with Gasteiger partial charge in [0.05, 0.1) is 4.92 Å². The van der Waals surface area contributed by atoms with Crippen molar-refractivity contribution in [2.75, 3.05) is 5.43 Å². The summed E-state index contributed by atoms with van der Waals surface area (Å²) < 4.78 is 0. The highest BCUT2D eigenvalue weighted by atomic mass is 16.6. The van der Waals surface area contributed by atoms with Crippen LogP contribution in [0.15, 0.2) is 59.7 Å². The second kappa shape index (κ2) is 6.47. The first-order chi connectivity index (χ1) is 9.68. The lowest BCUT2D eigenvalue weighted by Gasteiger charge is -2.06. The minimum atomic E-state index is -0.432. The largest absolute Gasteiger partial charge is 0.294 e. The molecule has 0 radical (unpaired) electrons. The van der Waals surface area contributed by atoms with Crippen LogP contribution in [0.25, 0.3) is 0 Å². The maximum atomic E-state index is 10.9. The Morgan fingerprint density at radius 3 is 2.50 bits per heavy atom. The number of rotatable bonds is 5. The average Bonchev–Trinajstić information content (AvgIpc) is 2.48. The summed E-state index contributed by atoms with van der Waals surface area (Å²) in [5.74, 6) is 0.131. The zero-order valence-electron chi connectivity index (χ0n) is 11.1. The van der Waals surface area contributed by atoms with Gasteiger partial charge in [-0.3, -0.25) is 15.5 Å². The number of hydrogen-bond donors (Lipinski definition) is 1. The van der Waals surface area contributed by atoms with Gasteiger partial charge in [-0.25, -0.2) is 0 Å². The molecule has 0 spiro atoms. The highest BCUT2D eigenvalue weighted by Crippen LogP contribution is 2.23. The van der Waals surface area contributed by atoms with Crippen LogP contribution in [0.1, 0.15) is 18.4 Å². The number of hydrazone groups is 1. The lowest BCUT2D eigenvalue weighted by molar-refractivity contribution is -0.384. The molecular formula is C15H15N3O2. The van der Waals surface area contributed by atoms with Crippen LogP contribution in [0.2, 0.25) is 0 Å². The van der Waals surface area contributed by atoms with Gasteiger partial charge >= 0.3 is 0 Å². The van der Waals surface area contributed by atoms with E-state index in [1.807, 2.05) is 37.3 Å². The van der Waals surface area contributed by atoms with Crippen molar-refractivity contribution >= 4 is 17.6 Å². The molecule has 0 amide bonds. The van der Waals surface area contributed by atoms with Gasteiger partial charge < -0.3 is 0 Å². The molecule has 5 heteroatoms. The second-order valence-electron chi connectivity index (χ2n) is 4.36. The van der Waals surface area contributed by atoms with Gasteiger partial charge in [0.2, 0.25) is 0 Å². The highest BCUT2D eigenvalue weighted by Gasteiger charge is 2.11. The molecule has 0 aliphatic heterocycles. The molecule has 5 nitrogen and oxygen atoms in total. The Hall–Kier alpha value is -2.69. The maximum absolute atomic E-state index is 10.9. The van der Waals surface area contributed by atoms with E-state index >= 15 is 0 Å². The Morgan fingerprint density at radius 2 is 1.80 bits per heavy atom. The third-order valence-corrected chi connectivity index (χ3v) is 2.91. The summed E-state index contributed by atoms with van der Waals surface area (Å²) in [4.78, 5) is 10.4. The summed E-state index contributed by atoms with van der Waals surface area (Å²) in [7, 11) is 0. The van der Waals surface area contributed by atoms with Crippen LogP contribution in [0.5, 0.6) is 0 Å². The fraction of sp³-hybridized carbons (Fsp3) is 0.133. The van der Waals surface area contributed by atoms with E-state index in [2.05, 4.69) is 10.5 Å². The van der Waals surface area contributed by atoms with Crippen molar-refractivity contribution in [2.45, 2.75) is 12.8 Å². The Bertz CT molecular complexity index is 612. The molecule has 0 saturated heterocycles. The molecule has 2 aromatic carbocycles. The summed E-state index contributed by atoms with van der Waals surface area (Å²) in [5.41, 5.74) is 4.26. The number of hydrogen-bond acceptors (Lipinski definition) is 4. The fourth-order valence-electron chi connectivity index (χ4n) is 1.79. The third-order valence-electron chi connectivity index (χ3n) is 2.91. The Labute approximate surface area is 117 Å². The first-order valence-electron chi connectivity index (χ1n) is 6.26. The molecule has 1 N–H and O–H groups in total. The number of nitro groups is 1. The minimum Gasteiger partial charge on any atom is -0.272 e. The summed E-state index contributed by atoms with van der Waals surface area (Å²) in [5, 5.41) is 14.9. The van der Waals surface area contributed by atoms with E-state index in [0.717, 1.165) is 5.56 Å². The van der Waals surface area contributed by atoms with Crippen molar-refractivity contribution in [1.82, 2.24) is 0 Å². The van der Waals surface area contributed by atoms with E-state index in [1.165, 1.54) is 6.07 Å². The van der Waals surface area contributed by atoms with Crippen LogP contribution in [0.3, 0.4) is 0 Å². The van der Waals surface area contributed by atoms with Gasteiger partial charge in [-0.1, -0.05) is 49.4 Å². The van der Waals surface area contributed by atoms with Crippen molar-refractivity contribution < 1.29 is 4.92 Å². The number of nitro benzene ring substituents is 1. The molecule has 2 rings (SSSR count). The molecule has 0 aliphatic rings. The molecule has 0 fully saturated rings. The van der Waals surface area contributed by atoms with Gasteiger partial charge in [-0.05, 0) is 11.6 Å². The zero-order valence-corrected chi connectivity index (χ0v) is 11.1. The minimum absolute atomic E-state index is 0.0111. The van der Waals surface area contributed by atoms with Crippen molar-refractivity contribution in [3.05, 3.63) is 70.3 Å². The van der Waals surface area contributed by atoms with Gasteiger partial charge in [0, 0.05) is 18.2 Å². The number of anilines is 1. The van der Waals surface area contributed by atoms with Gasteiger partial charge in [0.1, 0.15) is 5.69 Å². The molecular weight excluding hydrogens is 254 g/mol. The molecule has 0 heterocycles. The molecule has 1 atom stereocenters. The predicted molar refractivity (Wildman–Crippen MR) is 80.1 cm³/mol. The summed E-state index contributed by atoms with van der Waals surface area (Å²) in [6.07, 6.45) is 1.73. The molecule has 0 saturated carbocycles. The monoisotopic (exact) mass is 269 g/mol. The predicted octanol–water partition coefficient (Wildman–Crippen LogP) is 3.80. The summed E-state index contributed by atoms with van der Waals surface area (Å²) >= 11 is 0. The van der Waals surface area contributed by atoms with Crippen molar-refractivity contribution in [2.24, 2.45) is 5.10 Å². The molecule has 102 valence electrons. The quantitative estimate of drug-likeness (QED) is 0.510. The van der Waals surface area contributed by atoms with Gasteiger partial charge in [0.15, 0.2) is 0 Å². The molecule has 0 bridgehead atoms. The summed E-state index contributed by atoms with van der Waals surface area (Å²) in [6.45, 7) is 2.01. The Morgan fingerprint density at radius 1 is 1.15 bits per heavy atom. The molecule has 2 aromatic rings. The van der Waals surface area contributed by atoms with Gasteiger partial charge in [-0.15, -0.1) is 0 Å². The van der Waals surface area contributed by atoms with E-state index in [1.54, 1.807) is 24.4 Å². The van der Waals surface area contributed by atoms with Crippen LogP contribution in [-0.2, 0) is 0 Å². The highest BCUT2D eigenvalue weighted by molar-refractivity contribution is 5.70. The maximum Gasteiger partial charge on any atom is 0.294 e. The standard InChI is InChI=1S/C15H15N3O2/c1-12(13-7-3-2-4-8-13)11-16-17-14-9-5-6-10-15(14)18(19)20/h2-12,17H,1H3/b16-11-/t12-/m1/s1. The Kier molecular flexibility index (Phi) is 4.44. The number of benzene rings is 2. The van der Waals surface area contributed by atoms with Crippen LogP contribution in [-0.4, -0.2) is 11.1 Å². The number of nitrogens with zero attached hydrogens (tertiary/aromatic N) is 2. The molecule has 0 aromatic heterocycles. The van der Waals surface area contributed by atoms with Crippen LogP contribution in [0.4, 0.5) is 11.4 Å². The van der Waals surface area contributed by atoms with Crippen LogP contribution >= 0.6 is 0 Å². The van der Waals surface area contributed by atoms with Crippen molar-refractivity contribution in [3.63, 3.8) is 0 Å². The number of para-hydroxylation sites is 2. The first-order valence-corrected chi connectivity index (χ1v) is 6.26. The van der Waals surface area contributed by atoms with Crippen molar-refractivity contribution in [3.8, 4) is 0 Å². The average molecular weight is 269 g/mol. The van der Waals surface area contributed by atoms with Gasteiger partial charge in [-0.2, -0.15) is 5.10 Å². The summed E-state index contributed by atoms with van der Waals surface area (Å²) in [6, 6.07) is 16.3. The lowest BCUT2D eigenvalue weighted by atomic mass is 10.0. The van der Waals surface area contributed by atoms with Gasteiger partial charge in [0.25, 0.3) is 5.69 Å². The van der Waals surface area contributed by atoms with E-state index in [4.69, 9.17) is 0 Å². The van der Waals surface area contributed by atoms with Crippen LogP contribution < -0.4 is 5.43 Å². The zero-order chi connectivity index (χ0) is 14.4. The first kappa shape index (κ1) is 13.7. The lowest BCUT2D eigenvalue weighted by Crippen LogP contribution is -1.99.